The second kappa shape index (κ2) is 7.96. The van der Waals surface area contributed by atoms with Gasteiger partial charge in [0.2, 0.25) is 0 Å². The van der Waals surface area contributed by atoms with E-state index in [4.69, 9.17) is 9.84 Å². The van der Waals surface area contributed by atoms with Crippen LogP contribution >= 0.6 is 0 Å². The van der Waals surface area contributed by atoms with Crippen molar-refractivity contribution in [3.63, 3.8) is 0 Å². The van der Waals surface area contributed by atoms with Crippen LogP contribution in [0, 0.1) is 17.8 Å². The molecule has 1 aliphatic carbocycles. The summed E-state index contributed by atoms with van der Waals surface area (Å²) in [6.07, 6.45) is 2.55. The number of rotatable bonds is 7. The lowest BCUT2D eigenvalue weighted by atomic mass is 9.72. The molecular formula is C16H24O6. The first-order valence-electron chi connectivity index (χ1n) is 7.54. The van der Waals surface area contributed by atoms with Crippen LogP contribution in [0.15, 0.2) is 12.2 Å². The Kier molecular flexibility index (Phi) is 6.59. The number of carbonyl (C=O) groups excluding carboxylic acids is 1. The Balaban J connectivity index is 2.48. The first kappa shape index (κ1) is 18.2. The van der Waals surface area contributed by atoms with Gasteiger partial charge in [-0.05, 0) is 51.9 Å². The molecule has 0 amide bonds. The normalized spacial score (nSPS) is 26.0. The van der Waals surface area contributed by atoms with Gasteiger partial charge in [-0.25, -0.2) is 4.79 Å². The highest BCUT2D eigenvalue weighted by molar-refractivity contribution is 5.87. The monoisotopic (exact) mass is 312 g/mol. The minimum Gasteiger partial charge on any atom is -0.481 e. The summed E-state index contributed by atoms with van der Waals surface area (Å²) in [5.41, 5.74) is 0.347. The van der Waals surface area contributed by atoms with Gasteiger partial charge in [0.1, 0.15) is 0 Å². The summed E-state index contributed by atoms with van der Waals surface area (Å²) in [5.74, 6) is -3.97. The van der Waals surface area contributed by atoms with E-state index in [1.807, 2.05) is 0 Å². The minimum absolute atomic E-state index is 0.155. The predicted molar refractivity (Wildman–Crippen MR) is 79.2 cm³/mol. The highest BCUT2D eigenvalue weighted by atomic mass is 16.5. The molecule has 1 aliphatic rings. The van der Waals surface area contributed by atoms with E-state index in [0.29, 0.717) is 31.3 Å². The summed E-state index contributed by atoms with van der Waals surface area (Å²) < 4.78 is 5.19. The second-order valence-electron chi connectivity index (χ2n) is 6.14. The van der Waals surface area contributed by atoms with Gasteiger partial charge in [0.05, 0.1) is 17.9 Å². The maximum absolute atomic E-state index is 11.4. The largest absolute Gasteiger partial charge is 0.481 e. The summed E-state index contributed by atoms with van der Waals surface area (Å²) in [6, 6.07) is 0. The van der Waals surface area contributed by atoms with E-state index in [1.54, 1.807) is 13.8 Å². The summed E-state index contributed by atoms with van der Waals surface area (Å²) in [5, 5.41) is 18.3. The van der Waals surface area contributed by atoms with Crippen molar-refractivity contribution in [2.75, 3.05) is 0 Å². The molecular weight excluding hydrogens is 288 g/mol. The number of esters is 1. The first-order chi connectivity index (χ1) is 10.2. The summed E-state index contributed by atoms with van der Waals surface area (Å²) in [7, 11) is 0. The maximum Gasteiger partial charge on any atom is 0.333 e. The van der Waals surface area contributed by atoms with Crippen molar-refractivity contribution in [2.45, 2.75) is 52.1 Å². The van der Waals surface area contributed by atoms with Gasteiger partial charge >= 0.3 is 17.9 Å². The van der Waals surface area contributed by atoms with E-state index in [9.17, 15) is 19.5 Å². The summed E-state index contributed by atoms with van der Waals surface area (Å²) in [6.45, 7) is 6.89. The van der Waals surface area contributed by atoms with Crippen molar-refractivity contribution < 1.29 is 29.3 Å². The van der Waals surface area contributed by atoms with E-state index >= 15 is 0 Å². The first-order valence-corrected chi connectivity index (χ1v) is 7.54. The highest BCUT2D eigenvalue weighted by Gasteiger charge is 2.39. The van der Waals surface area contributed by atoms with Crippen molar-refractivity contribution in [3.05, 3.63) is 12.2 Å². The van der Waals surface area contributed by atoms with Crippen LogP contribution in [0.5, 0.6) is 0 Å². The molecule has 0 aromatic heterocycles. The molecule has 1 saturated carbocycles. The number of hydrogen-bond acceptors (Lipinski definition) is 4. The van der Waals surface area contributed by atoms with Crippen molar-refractivity contribution in [1.82, 2.24) is 0 Å². The molecule has 0 heterocycles. The SMILES string of the molecule is C=C(C)C(=O)OC(C)CCC1CCC(C(=O)O)C(C(=O)O)C1. The van der Waals surface area contributed by atoms with E-state index in [-0.39, 0.29) is 12.0 Å². The van der Waals surface area contributed by atoms with Crippen molar-refractivity contribution in [1.29, 1.82) is 0 Å². The molecule has 1 fully saturated rings. The molecule has 0 aromatic rings. The molecule has 0 aromatic carbocycles. The summed E-state index contributed by atoms with van der Waals surface area (Å²) >= 11 is 0. The molecule has 0 radical (unpaired) electrons. The van der Waals surface area contributed by atoms with Gasteiger partial charge in [-0.15, -0.1) is 0 Å². The van der Waals surface area contributed by atoms with Crippen LogP contribution in [-0.4, -0.2) is 34.2 Å². The zero-order valence-electron chi connectivity index (χ0n) is 13.1. The topological polar surface area (TPSA) is 101 Å². The number of ether oxygens (including phenoxy) is 1. The van der Waals surface area contributed by atoms with Gasteiger partial charge in [0, 0.05) is 5.57 Å². The molecule has 22 heavy (non-hydrogen) atoms. The van der Waals surface area contributed by atoms with Gasteiger partial charge in [0.25, 0.3) is 0 Å². The second-order valence-corrected chi connectivity index (χ2v) is 6.14. The van der Waals surface area contributed by atoms with Crippen molar-refractivity contribution in [3.8, 4) is 0 Å². The number of carboxylic acids is 2. The number of carboxylic acid groups (broad SMARTS) is 2. The molecule has 6 nitrogen and oxygen atoms in total. The van der Waals surface area contributed by atoms with E-state index < -0.39 is 29.7 Å². The quantitative estimate of drug-likeness (QED) is 0.553. The van der Waals surface area contributed by atoms with Crippen LogP contribution < -0.4 is 0 Å². The lowest BCUT2D eigenvalue weighted by molar-refractivity contribution is -0.156. The Labute approximate surface area is 130 Å². The molecule has 4 unspecified atom stereocenters. The fourth-order valence-corrected chi connectivity index (χ4v) is 2.90. The van der Waals surface area contributed by atoms with E-state index in [0.717, 1.165) is 6.42 Å². The zero-order chi connectivity index (χ0) is 16.9. The Hall–Kier alpha value is -1.85. The molecule has 124 valence electrons. The number of carbonyl (C=O) groups is 3. The van der Waals surface area contributed by atoms with Gasteiger partial charge in [-0.1, -0.05) is 6.58 Å². The van der Waals surface area contributed by atoms with Crippen LogP contribution in [0.1, 0.15) is 46.0 Å². The third kappa shape index (κ3) is 5.16. The van der Waals surface area contributed by atoms with Gasteiger partial charge in [0.15, 0.2) is 0 Å². The van der Waals surface area contributed by atoms with Crippen LogP contribution in [0.2, 0.25) is 0 Å². The molecule has 6 heteroatoms. The highest BCUT2D eigenvalue weighted by Crippen LogP contribution is 2.36. The zero-order valence-corrected chi connectivity index (χ0v) is 13.1. The fourth-order valence-electron chi connectivity index (χ4n) is 2.90. The molecule has 0 spiro atoms. The van der Waals surface area contributed by atoms with Crippen LogP contribution in [0.3, 0.4) is 0 Å². The molecule has 4 atom stereocenters. The predicted octanol–water partition coefficient (Wildman–Crippen LogP) is 2.48. The lowest BCUT2D eigenvalue weighted by Crippen LogP contribution is -2.35. The smallest absolute Gasteiger partial charge is 0.333 e. The van der Waals surface area contributed by atoms with E-state index in [2.05, 4.69) is 6.58 Å². The Morgan fingerprint density at radius 1 is 1.18 bits per heavy atom. The Morgan fingerprint density at radius 3 is 2.27 bits per heavy atom. The third-order valence-corrected chi connectivity index (χ3v) is 4.23. The third-order valence-electron chi connectivity index (χ3n) is 4.23. The molecule has 0 bridgehead atoms. The standard InChI is InChI=1S/C16H24O6/c1-9(2)16(21)22-10(3)4-5-11-6-7-12(14(17)18)13(8-11)15(19)20/h10-13H,1,4-8H2,2-3H3,(H,17,18)(H,19,20). The van der Waals surface area contributed by atoms with Crippen LogP contribution in [0.4, 0.5) is 0 Å². The molecule has 2 N–H and O–H groups in total. The Bertz CT molecular complexity index is 456. The average Bonchev–Trinajstić information content (AvgIpc) is 2.44. The van der Waals surface area contributed by atoms with E-state index in [1.165, 1.54) is 0 Å². The molecule has 0 saturated heterocycles. The Morgan fingerprint density at radius 2 is 1.77 bits per heavy atom. The van der Waals surface area contributed by atoms with Crippen LogP contribution in [-0.2, 0) is 19.1 Å². The lowest BCUT2D eigenvalue weighted by Gasteiger charge is -2.31. The molecule has 0 aliphatic heterocycles. The molecule has 1 rings (SSSR count). The fraction of sp³-hybridized carbons (Fsp3) is 0.688. The van der Waals surface area contributed by atoms with Gasteiger partial charge < -0.3 is 14.9 Å². The van der Waals surface area contributed by atoms with Gasteiger partial charge in [-0.3, -0.25) is 9.59 Å². The van der Waals surface area contributed by atoms with Crippen molar-refractivity contribution in [2.24, 2.45) is 17.8 Å². The average molecular weight is 312 g/mol. The van der Waals surface area contributed by atoms with Crippen LogP contribution in [0.25, 0.3) is 0 Å². The summed E-state index contributed by atoms with van der Waals surface area (Å²) in [4.78, 5) is 33.7. The number of hydrogen-bond donors (Lipinski definition) is 2. The van der Waals surface area contributed by atoms with Crippen molar-refractivity contribution >= 4 is 17.9 Å². The maximum atomic E-state index is 11.4. The van der Waals surface area contributed by atoms with Gasteiger partial charge in [-0.2, -0.15) is 0 Å². The number of aliphatic carboxylic acids is 2. The minimum atomic E-state index is -1.04.